The summed E-state index contributed by atoms with van der Waals surface area (Å²) in [6.45, 7) is 7.80. The van der Waals surface area contributed by atoms with Crippen molar-refractivity contribution in [1.82, 2.24) is 19.5 Å². The van der Waals surface area contributed by atoms with Gasteiger partial charge in [-0.25, -0.2) is 13.1 Å². The summed E-state index contributed by atoms with van der Waals surface area (Å²) in [5.41, 5.74) is 4.81. The summed E-state index contributed by atoms with van der Waals surface area (Å²) in [5.74, 6) is -1.02. The van der Waals surface area contributed by atoms with Crippen molar-refractivity contribution < 1.29 is 32.3 Å². The molecule has 15 nitrogen and oxygen atoms in total. The number of halogens is 1. The number of fused-ring (bicyclic) bond motifs is 1. The Labute approximate surface area is 383 Å². The molecule has 1 aliphatic carbocycles. The first-order valence-electron chi connectivity index (χ1n) is 22.4. The van der Waals surface area contributed by atoms with Gasteiger partial charge in [0, 0.05) is 99.3 Å². The molecule has 3 fully saturated rings. The van der Waals surface area contributed by atoms with Crippen LogP contribution in [-0.4, -0.2) is 119 Å². The van der Waals surface area contributed by atoms with Crippen molar-refractivity contribution in [3.8, 4) is 11.5 Å². The highest BCUT2D eigenvalue weighted by Crippen LogP contribution is 2.49. The Bertz CT molecular complexity index is 2640. The molecule has 3 N–H and O–H groups in total. The number of rotatable bonds is 14. The summed E-state index contributed by atoms with van der Waals surface area (Å²) in [7, 11) is -4.78. The van der Waals surface area contributed by atoms with Crippen LogP contribution in [-0.2, 0) is 19.5 Å². The standard InChI is InChI=1S/C48H54ClN7O8S/c49-38-8-6-34(7-9-38)41-12-10-39(54-22-26-63-27-23-54)28-37(41)32-53-18-20-55(21-19-53)43-30-44(65(60,61)52-48(57)35-4-2-1-3-5-35)47(64-40-11-13-42-36(29-40)14-17-50-42)46(56(58)59)45(43)51-31-33-15-24-62-25-16-33/h1-9,11,13-14,17,29-30,33,39,50-51H,10,12,15-16,18-28,31-32H2,(H,52,57). The monoisotopic (exact) mass is 923 g/mol. The Kier molecular flexibility index (Phi) is 13.7. The summed E-state index contributed by atoms with van der Waals surface area (Å²) >= 11 is 6.32. The van der Waals surface area contributed by atoms with Gasteiger partial charge in [0.25, 0.3) is 15.9 Å². The van der Waals surface area contributed by atoms with Gasteiger partial charge < -0.3 is 29.4 Å². The lowest BCUT2D eigenvalue weighted by Gasteiger charge is -2.41. The third-order valence-corrected chi connectivity index (χ3v) is 14.7. The van der Waals surface area contributed by atoms with Gasteiger partial charge in [-0.15, -0.1) is 0 Å². The molecule has 0 bridgehead atoms. The number of nitrogens with zero attached hydrogens (tertiary/aromatic N) is 4. The molecule has 4 aromatic carbocycles. The summed E-state index contributed by atoms with van der Waals surface area (Å²) in [6.07, 6.45) is 6.26. The van der Waals surface area contributed by atoms with E-state index in [-0.39, 0.29) is 22.9 Å². The van der Waals surface area contributed by atoms with Crippen molar-refractivity contribution in [2.45, 2.75) is 43.0 Å². The molecular weight excluding hydrogens is 870 g/mol. The number of carbonyl (C=O) groups is 1. The van der Waals surface area contributed by atoms with Crippen LogP contribution in [0.25, 0.3) is 16.5 Å². The predicted molar refractivity (Wildman–Crippen MR) is 252 cm³/mol. The van der Waals surface area contributed by atoms with Gasteiger partial charge >= 0.3 is 5.69 Å². The Morgan fingerprint density at radius 2 is 1.63 bits per heavy atom. The van der Waals surface area contributed by atoms with E-state index in [2.05, 4.69) is 37.0 Å². The molecule has 3 saturated heterocycles. The maximum Gasteiger partial charge on any atom is 0.338 e. The van der Waals surface area contributed by atoms with E-state index in [9.17, 15) is 23.3 Å². The van der Waals surface area contributed by atoms with Gasteiger partial charge in [0.15, 0.2) is 0 Å². The fourth-order valence-corrected chi connectivity index (χ4v) is 10.8. The number of nitro benzene ring substituents is 1. The second-order valence-corrected chi connectivity index (χ2v) is 19.3. The molecule has 1 unspecified atom stereocenters. The first-order valence-corrected chi connectivity index (χ1v) is 24.3. The van der Waals surface area contributed by atoms with Crippen molar-refractivity contribution in [3.63, 3.8) is 0 Å². The van der Waals surface area contributed by atoms with Crippen molar-refractivity contribution in [2.24, 2.45) is 5.92 Å². The van der Waals surface area contributed by atoms with E-state index in [1.165, 1.54) is 34.9 Å². The van der Waals surface area contributed by atoms with Crippen LogP contribution < -0.4 is 19.7 Å². The second-order valence-electron chi connectivity index (χ2n) is 17.2. The number of aromatic nitrogens is 1. The highest BCUT2D eigenvalue weighted by atomic mass is 35.5. The molecule has 3 aliphatic heterocycles. The van der Waals surface area contributed by atoms with Crippen molar-refractivity contribution >= 4 is 61.1 Å². The number of morpholine rings is 1. The number of sulfonamides is 1. The number of hydrogen-bond donors (Lipinski definition) is 3. The second kappa shape index (κ2) is 19.9. The minimum atomic E-state index is -4.78. The zero-order chi connectivity index (χ0) is 44.9. The molecule has 4 aliphatic rings. The smallest absolute Gasteiger partial charge is 0.338 e. The summed E-state index contributed by atoms with van der Waals surface area (Å²) in [6, 6.07) is 24.8. The molecule has 65 heavy (non-hydrogen) atoms. The fourth-order valence-electron chi connectivity index (χ4n) is 9.57. The fraction of sp³-hybridized carbons (Fsp3) is 0.396. The minimum Gasteiger partial charge on any atom is -0.449 e. The van der Waals surface area contributed by atoms with Crippen molar-refractivity contribution in [1.29, 1.82) is 0 Å². The van der Waals surface area contributed by atoms with Gasteiger partial charge in [0.05, 0.1) is 23.8 Å². The average molecular weight is 925 g/mol. The number of nitrogens with one attached hydrogen (secondary N) is 3. The number of hydrogen-bond acceptors (Lipinski definition) is 12. The van der Waals surface area contributed by atoms with E-state index in [0.717, 1.165) is 75.9 Å². The quantitative estimate of drug-likeness (QED) is 0.0727. The van der Waals surface area contributed by atoms with Gasteiger partial charge in [-0.2, -0.15) is 0 Å². The molecule has 1 aromatic heterocycles. The number of H-pyrrole nitrogens is 1. The molecular formula is C48H54ClN7O8S. The summed E-state index contributed by atoms with van der Waals surface area (Å²) in [4.78, 5) is 36.0. The summed E-state index contributed by atoms with van der Waals surface area (Å²) in [5, 5.41) is 18.4. The van der Waals surface area contributed by atoms with Crippen LogP contribution in [0.4, 0.5) is 17.1 Å². The van der Waals surface area contributed by atoms with Crippen LogP contribution >= 0.6 is 11.6 Å². The van der Waals surface area contributed by atoms with Crippen LogP contribution in [0.5, 0.6) is 11.5 Å². The normalized spacial score (nSPS) is 19.3. The Morgan fingerprint density at radius 3 is 2.37 bits per heavy atom. The van der Waals surface area contributed by atoms with Gasteiger partial charge in [0.1, 0.15) is 16.3 Å². The Hall–Kier alpha value is -5.49. The highest BCUT2D eigenvalue weighted by molar-refractivity contribution is 7.90. The SMILES string of the molecule is O=C(NS(=O)(=O)c1cc(N2CCN(CC3=C(c4ccc(Cl)cc4)CCC(N4CCOCC4)C3)CC2)c(NCC2CCOCC2)c([N+](=O)[O-])c1Oc1ccc2[nH]ccc2c1)c1ccccc1. The zero-order valence-electron chi connectivity index (χ0n) is 36.2. The van der Waals surface area contributed by atoms with E-state index in [0.29, 0.717) is 62.7 Å². The topological polar surface area (TPSA) is 172 Å². The third kappa shape index (κ3) is 10.3. The average Bonchev–Trinajstić information content (AvgIpc) is 3.80. The minimum absolute atomic E-state index is 0.112. The molecule has 17 heteroatoms. The number of anilines is 2. The molecule has 0 saturated carbocycles. The van der Waals surface area contributed by atoms with Gasteiger partial charge in [0.2, 0.25) is 5.75 Å². The number of allylic oxidation sites excluding steroid dienone is 1. The van der Waals surface area contributed by atoms with E-state index in [1.807, 2.05) is 23.1 Å². The van der Waals surface area contributed by atoms with Gasteiger partial charge in [-0.1, -0.05) is 47.5 Å². The lowest BCUT2D eigenvalue weighted by atomic mass is 9.83. The molecule has 9 rings (SSSR count). The number of piperazine rings is 1. The third-order valence-electron chi connectivity index (χ3n) is 13.1. The first kappa shape index (κ1) is 44.7. The van der Waals surface area contributed by atoms with E-state index >= 15 is 0 Å². The molecule has 0 radical (unpaired) electrons. The number of aromatic amines is 1. The van der Waals surface area contributed by atoms with E-state index < -0.39 is 37.2 Å². The maximum atomic E-state index is 14.6. The van der Waals surface area contributed by atoms with E-state index in [1.54, 1.807) is 42.6 Å². The zero-order valence-corrected chi connectivity index (χ0v) is 37.7. The highest BCUT2D eigenvalue weighted by Gasteiger charge is 2.38. The van der Waals surface area contributed by atoms with Gasteiger partial charge in [-0.3, -0.25) is 24.7 Å². The molecule has 342 valence electrons. The largest absolute Gasteiger partial charge is 0.449 e. The predicted octanol–water partition coefficient (Wildman–Crippen LogP) is 7.94. The van der Waals surface area contributed by atoms with Crippen LogP contribution in [0.2, 0.25) is 5.02 Å². The number of ether oxygens (including phenoxy) is 3. The molecule has 1 amide bonds. The number of carbonyl (C=O) groups excluding carboxylic acids is 1. The number of benzene rings is 4. The van der Waals surface area contributed by atoms with Gasteiger partial charge in [-0.05, 0) is 104 Å². The van der Waals surface area contributed by atoms with Crippen molar-refractivity contribution in [2.75, 3.05) is 89.0 Å². The lowest BCUT2D eigenvalue weighted by molar-refractivity contribution is -0.384. The summed E-state index contributed by atoms with van der Waals surface area (Å²) < 4.78 is 49.0. The van der Waals surface area contributed by atoms with Crippen LogP contribution in [0, 0.1) is 16.0 Å². The maximum absolute atomic E-state index is 14.6. The number of amides is 1. The molecule has 0 spiro atoms. The van der Waals surface area contributed by atoms with Crippen LogP contribution in [0.3, 0.4) is 0 Å². The van der Waals surface area contributed by atoms with Crippen LogP contribution in [0.1, 0.15) is 48.0 Å². The molecule has 5 aromatic rings. The Morgan fingerprint density at radius 1 is 0.892 bits per heavy atom. The Balaban J connectivity index is 1.07. The number of nitro groups is 1. The lowest BCUT2D eigenvalue weighted by Crippen LogP contribution is -2.48. The molecule has 4 heterocycles. The first-order chi connectivity index (χ1) is 31.6. The van der Waals surface area contributed by atoms with Crippen molar-refractivity contribution in [3.05, 3.63) is 123 Å². The van der Waals surface area contributed by atoms with E-state index in [4.69, 9.17) is 25.8 Å². The van der Waals surface area contributed by atoms with Crippen LogP contribution in [0.15, 0.2) is 102 Å². The molecule has 1 atom stereocenters.